The molecule has 3 N–H and O–H groups in total. The lowest BCUT2D eigenvalue weighted by atomic mass is 9.89. The van der Waals surface area contributed by atoms with Crippen LogP contribution in [0, 0.1) is 5.41 Å². The molecule has 0 aromatic carbocycles. The van der Waals surface area contributed by atoms with Gasteiger partial charge >= 0.3 is 0 Å². The fourth-order valence-electron chi connectivity index (χ4n) is 1.79. The molecule has 0 radical (unpaired) electrons. The first kappa shape index (κ1) is 16.4. The van der Waals surface area contributed by atoms with E-state index in [9.17, 15) is 4.79 Å². The number of nitrogens with one attached hydrogen (secondary N) is 1. The van der Waals surface area contributed by atoms with Gasteiger partial charge in [0.15, 0.2) is 0 Å². The summed E-state index contributed by atoms with van der Waals surface area (Å²) in [5.74, 6) is 0.187. The molecule has 0 aromatic heterocycles. The molecule has 0 bridgehead atoms. The van der Waals surface area contributed by atoms with Crippen LogP contribution in [0.25, 0.3) is 0 Å². The lowest BCUT2D eigenvalue weighted by molar-refractivity contribution is -0.121. The van der Waals surface area contributed by atoms with E-state index in [1.807, 2.05) is 0 Å². The van der Waals surface area contributed by atoms with Crippen LogP contribution >= 0.6 is 0 Å². The maximum Gasteiger partial charge on any atom is 0.220 e. The average molecular weight is 242 g/mol. The number of amides is 1. The molecule has 3 heteroatoms. The lowest BCUT2D eigenvalue weighted by Gasteiger charge is -2.24. The van der Waals surface area contributed by atoms with Crippen LogP contribution < -0.4 is 11.1 Å². The number of nitrogens with two attached hydrogens (primary N) is 1. The summed E-state index contributed by atoms with van der Waals surface area (Å²) < 4.78 is 0. The van der Waals surface area contributed by atoms with E-state index in [4.69, 9.17) is 5.73 Å². The predicted molar refractivity (Wildman–Crippen MR) is 73.8 cm³/mol. The van der Waals surface area contributed by atoms with Gasteiger partial charge in [0.05, 0.1) is 0 Å². The minimum atomic E-state index is 0.118. The molecule has 0 saturated heterocycles. The van der Waals surface area contributed by atoms with Crippen LogP contribution in [-0.4, -0.2) is 19.0 Å². The van der Waals surface area contributed by atoms with Crippen LogP contribution in [-0.2, 0) is 4.79 Å². The third kappa shape index (κ3) is 10.3. The van der Waals surface area contributed by atoms with Gasteiger partial charge in [0, 0.05) is 13.0 Å². The highest BCUT2D eigenvalue weighted by Crippen LogP contribution is 2.17. The molecule has 1 amide bonds. The lowest BCUT2D eigenvalue weighted by Crippen LogP contribution is -2.35. The Kier molecular flexibility index (Phi) is 9.14. The summed E-state index contributed by atoms with van der Waals surface area (Å²) >= 11 is 0. The largest absolute Gasteiger partial charge is 0.356 e. The van der Waals surface area contributed by atoms with E-state index in [0.717, 1.165) is 19.4 Å². The van der Waals surface area contributed by atoms with E-state index in [1.54, 1.807) is 0 Å². The number of rotatable bonds is 10. The quantitative estimate of drug-likeness (QED) is 0.579. The molecular weight excluding hydrogens is 212 g/mol. The molecule has 0 aliphatic rings. The Hall–Kier alpha value is -0.570. The molecule has 102 valence electrons. The Balaban J connectivity index is 3.52. The van der Waals surface area contributed by atoms with Gasteiger partial charge in [-0.25, -0.2) is 0 Å². The van der Waals surface area contributed by atoms with Crippen LogP contribution in [0.2, 0.25) is 0 Å². The first-order valence-corrected chi connectivity index (χ1v) is 6.98. The van der Waals surface area contributed by atoms with Crippen molar-refractivity contribution in [3.8, 4) is 0 Å². The van der Waals surface area contributed by atoms with E-state index in [1.165, 1.54) is 25.7 Å². The molecule has 0 unspecified atom stereocenters. The highest BCUT2D eigenvalue weighted by atomic mass is 16.1. The second kappa shape index (κ2) is 9.46. The van der Waals surface area contributed by atoms with Gasteiger partial charge in [-0.2, -0.15) is 0 Å². The van der Waals surface area contributed by atoms with Crippen molar-refractivity contribution in [2.24, 2.45) is 11.1 Å². The van der Waals surface area contributed by atoms with Crippen LogP contribution in [0.1, 0.15) is 65.7 Å². The van der Waals surface area contributed by atoms with Crippen molar-refractivity contribution in [3.63, 3.8) is 0 Å². The Labute approximate surface area is 107 Å². The van der Waals surface area contributed by atoms with Crippen molar-refractivity contribution in [1.82, 2.24) is 5.32 Å². The minimum Gasteiger partial charge on any atom is -0.356 e. The minimum absolute atomic E-state index is 0.118. The van der Waals surface area contributed by atoms with Crippen LogP contribution in [0.3, 0.4) is 0 Å². The van der Waals surface area contributed by atoms with E-state index in [0.29, 0.717) is 13.0 Å². The van der Waals surface area contributed by atoms with Crippen molar-refractivity contribution >= 4 is 5.91 Å². The van der Waals surface area contributed by atoms with Crippen LogP contribution in [0.15, 0.2) is 0 Å². The monoisotopic (exact) mass is 242 g/mol. The van der Waals surface area contributed by atoms with Crippen molar-refractivity contribution in [2.75, 3.05) is 13.1 Å². The van der Waals surface area contributed by atoms with Gasteiger partial charge in [0.1, 0.15) is 0 Å². The molecule has 3 nitrogen and oxygen atoms in total. The number of carbonyl (C=O) groups is 1. The smallest absolute Gasteiger partial charge is 0.220 e. The fourth-order valence-corrected chi connectivity index (χ4v) is 1.79. The molecule has 0 saturated carbocycles. The first-order chi connectivity index (χ1) is 8.02. The van der Waals surface area contributed by atoms with Gasteiger partial charge in [-0.15, -0.1) is 0 Å². The van der Waals surface area contributed by atoms with E-state index >= 15 is 0 Å². The fraction of sp³-hybridized carbons (Fsp3) is 0.929. The number of unbranched alkanes of at least 4 members (excludes halogenated alkanes) is 4. The van der Waals surface area contributed by atoms with Crippen molar-refractivity contribution in [2.45, 2.75) is 65.7 Å². The molecule has 0 atom stereocenters. The van der Waals surface area contributed by atoms with Gasteiger partial charge in [0.25, 0.3) is 0 Å². The zero-order valence-electron chi connectivity index (χ0n) is 11.8. The van der Waals surface area contributed by atoms with Gasteiger partial charge in [0.2, 0.25) is 5.91 Å². The zero-order chi connectivity index (χ0) is 13.1. The van der Waals surface area contributed by atoms with Gasteiger partial charge in [-0.05, 0) is 24.8 Å². The van der Waals surface area contributed by atoms with Crippen LogP contribution in [0.5, 0.6) is 0 Å². The highest BCUT2D eigenvalue weighted by Gasteiger charge is 2.17. The SMILES string of the molecule is CCCCCCCC(=O)NCC(C)(C)CCN. The molecule has 0 spiro atoms. The first-order valence-electron chi connectivity index (χ1n) is 6.98. The van der Waals surface area contributed by atoms with Gasteiger partial charge < -0.3 is 11.1 Å². The third-order valence-electron chi connectivity index (χ3n) is 3.09. The van der Waals surface area contributed by atoms with Crippen molar-refractivity contribution in [1.29, 1.82) is 0 Å². The molecule has 0 aromatic rings. The summed E-state index contributed by atoms with van der Waals surface area (Å²) in [5.41, 5.74) is 5.65. The summed E-state index contributed by atoms with van der Waals surface area (Å²) in [6, 6.07) is 0. The Morgan fingerprint density at radius 2 is 1.82 bits per heavy atom. The summed E-state index contributed by atoms with van der Waals surface area (Å²) in [4.78, 5) is 11.6. The summed E-state index contributed by atoms with van der Waals surface area (Å²) in [5, 5.41) is 3.00. The molecule has 0 heterocycles. The van der Waals surface area contributed by atoms with E-state index < -0.39 is 0 Å². The second-order valence-electron chi connectivity index (χ2n) is 5.64. The van der Waals surface area contributed by atoms with Crippen LogP contribution in [0.4, 0.5) is 0 Å². The molecular formula is C14H30N2O. The highest BCUT2D eigenvalue weighted by molar-refractivity contribution is 5.75. The third-order valence-corrected chi connectivity index (χ3v) is 3.09. The molecule has 17 heavy (non-hydrogen) atoms. The van der Waals surface area contributed by atoms with E-state index in [-0.39, 0.29) is 11.3 Å². The van der Waals surface area contributed by atoms with Gasteiger partial charge in [-0.1, -0.05) is 46.5 Å². The number of hydrogen-bond acceptors (Lipinski definition) is 2. The number of hydrogen-bond donors (Lipinski definition) is 2. The Morgan fingerprint density at radius 1 is 1.18 bits per heavy atom. The Morgan fingerprint density at radius 3 is 2.41 bits per heavy atom. The topological polar surface area (TPSA) is 55.1 Å². The molecule has 0 rings (SSSR count). The molecule has 0 aliphatic carbocycles. The summed E-state index contributed by atoms with van der Waals surface area (Å²) in [6.07, 6.45) is 7.59. The predicted octanol–water partition coefficient (Wildman–Crippen LogP) is 2.84. The second-order valence-corrected chi connectivity index (χ2v) is 5.64. The Bertz CT molecular complexity index is 202. The summed E-state index contributed by atoms with van der Waals surface area (Å²) in [7, 11) is 0. The van der Waals surface area contributed by atoms with Crippen molar-refractivity contribution in [3.05, 3.63) is 0 Å². The number of carbonyl (C=O) groups excluding carboxylic acids is 1. The molecule has 0 fully saturated rings. The van der Waals surface area contributed by atoms with Crippen molar-refractivity contribution < 1.29 is 4.79 Å². The molecule has 0 aliphatic heterocycles. The average Bonchev–Trinajstić information content (AvgIpc) is 2.26. The standard InChI is InChI=1S/C14H30N2O/c1-4-5-6-7-8-9-13(17)16-12-14(2,3)10-11-15/h4-12,15H2,1-3H3,(H,16,17). The normalized spacial score (nSPS) is 11.5. The maximum absolute atomic E-state index is 11.6. The maximum atomic E-state index is 11.6. The van der Waals surface area contributed by atoms with Gasteiger partial charge in [-0.3, -0.25) is 4.79 Å². The zero-order valence-corrected chi connectivity index (χ0v) is 11.8. The summed E-state index contributed by atoms with van der Waals surface area (Å²) in [6.45, 7) is 7.90. The van der Waals surface area contributed by atoms with E-state index in [2.05, 4.69) is 26.1 Å².